The summed E-state index contributed by atoms with van der Waals surface area (Å²) in [4.78, 5) is 27.1. The highest BCUT2D eigenvalue weighted by Gasteiger charge is 2.56. The lowest BCUT2D eigenvalue weighted by Crippen LogP contribution is -2.54. The first-order valence-electron chi connectivity index (χ1n) is 9.47. The Morgan fingerprint density at radius 3 is 2.19 bits per heavy atom. The third kappa shape index (κ3) is 5.35. The van der Waals surface area contributed by atoms with E-state index < -0.39 is 31.5 Å². The van der Waals surface area contributed by atoms with Crippen molar-refractivity contribution >= 4 is 20.4 Å². The molecule has 7 heteroatoms. The first-order valence-corrected chi connectivity index (χ1v) is 12.4. The Kier molecular flexibility index (Phi) is 6.98. The van der Waals surface area contributed by atoms with Crippen LogP contribution in [0.3, 0.4) is 0 Å². The number of carbonyl (C=O) groups excluding carboxylic acids is 2. The second-order valence-electron chi connectivity index (χ2n) is 9.81. The van der Waals surface area contributed by atoms with Crippen molar-refractivity contribution in [2.45, 2.75) is 89.8 Å². The van der Waals surface area contributed by atoms with Gasteiger partial charge in [-0.25, -0.2) is 9.59 Å². The molecular formula is C20H37NO5Si. The summed E-state index contributed by atoms with van der Waals surface area (Å²) in [6, 6.07) is 0. The summed E-state index contributed by atoms with van der Waals surface area (Å²) >= 11 is 0. The van der Waals surface area contributed by atoms with Crippen LogP contribution in [0.1, 0.15) is 54.4 Å². The van der Waals surface area contributed by atoms with Gasteiger partial charge in [0.1, 0.15) is 11.1 Å². The van der Waals surface area contributed by atoms with E-state index in [1.807, 2.05) is 0 Å². The van der Waals surface area contributed by atoms with E-state index in [-0.39, 0.29) is 17.6 Å². The van der Waals surface area contributed by atoms with Gasteiger partial charge in [-0.05, 0) is 45.3 Å². The van der Waals surface area contributed by atoms with Crippen molar-refractivity contribution in [3.8, 4) is 0 Å². The minimum absolute atomic E-state index is 0.0265. The first-order chi connectivity index (χ1) is 12.1. The Balaban J connectivity index is 3.25. The lowest BCUT2D eigenvalue weighted by atomic mass is 9.91. The third-order valence-electron chi connectivity index (χ3n) is 5.40. The fourth-order valence-corrected chi connectivity index (χ4v) is 4.41. The summed E-state index contributed by atoms with van der Waals surface area (Å²) in [6.45, 7) is 20.3. The summed E-state index contributed by atoms with van der Waals surface area (Å²) in [5, 5.41) is 0.0265. The zero-order chi connectivity index (χ0) is 21.3. The molecule has 0 radical (unpaired) electrons. The van der Waals surface area contributed by atoms with Crippen molar-refractivity contribution in [3.63, 3.8) is 0 Å². The van der Waals surface area contributed by atoms with E-state index in [9.17, 15) is 9.59 Å². The van der Waals surface area contributed by atoms with Gasteiger partial charge in [0.15, 0.2) is 8.32 Å². The highest BCUT2D eigenvalue weighted by molar-refractivity contribution is 6.74. The maximum Gasteiger partial charge on any atom is 0.411 e. The maximum absolute atomic E-state index is 12.9. The van der Waals surface area contributed by atoms with Crippen LogP contribution < -0.4 is 0 Å². The molecule has 0 N–H and O–H groups in total. The monoisotopic (exact) mass is 399 g/mol. The van der Waals surface area contributed by atoms with Crippen LogP contribution in [0.5, 0.6) is 0 Å². The summed E-state index contributed by atoms with van der Waals surface area (Å²) in [6.07, 6.45) is 1.52. The zero-order valence-electron chi connectivity index (χ0n) is 18.5. The van der Waals surface area contributed by atoms with E-state index in [4.69, 9.17) is 13.9 Å². The molecule has 1 aliphatic rings. The van der Waals surface area contributed by atoms with E-state index in [1.165, 1.54) is 12.0 Å². The second kappa shape index (κ2) is 7.95. The smallest absolute Gasteiger partial charge is 0.411 e. The average Bonchev–Trinajstić information content (AvgIpc) is 2.82. The van der Waals surface area contributed by atoms with Crippen LogP contribution in [0.15, 0.2) is 12.7 Å². The van der Waals surface area contributed by atoms with Crippen LogP contribution in [-0.4, -0.2) is 56.2 Å². The molecule has 0 bridgehead atoms. The van der Waals surface area contributed by atoms with Gasteiger partial charge in [0.05, 0.1) is 19.8 Å². The summed E-state index contributed by atoms with van der Waals surface area (Å²) in [5.74, 6) is -0.463. The van der Waals surface area contributed by atoms with Crippen LogP contribution >= 0.6 is 0 Å². The zero-order valence-corrected chi connectivity index (χ0v) is 19.5. The molecule has 0 saturated carbocycles. The van der Waals surface area contributed by atoms with Crippen LogP contribution in [0.4, 0.5) is 4.79 Å². The normalized spacial score (nSPS) is 23.9. The van der Waals surface area contributed by atoms with Gasteiger partial charge < -0.3 is 13.9 Å². The quantitative estimate of drug-likeness (QED) is 0.387. The summed E-state index contributed by atoms with van der Waals surface area (Å²) in [5.41, 5.74) is -1.81. The Labute approximate surface area is 165 Å². The second-order valence-corrected chi connectivity index (χ2v) is 14.6. The molecule has 0 aromatic rings. The van der Waals surface area contributed by atoms with E-state index in [2.05, 4.69) is 40.4 Å². The van der Waals surface area contributed by atoms with Crippen LogP contribution in [0, 0.1) is 0 Å². The van der Waals surface area contributed by atoms with Gasteiger partial charge in [-0.1, -0.05) is 26.8 Å². The van der Waals surface area contributed by atoms with Gasteiger partial charge in [-0.15, -0.1) is 6.58 Å². The highest BCUT2D eigenvalue weighted by Crippen LogP contribution is 2.42. The Morgan fingerprint density at radius 2 is 1.78 bits per heavy atom. The Morgan fingerprint density at radius 1 is 1.22 bits per heavy atom. The predicted octanol–water partition coefficient (Wildman–Crippen LogP) is 4.51. The summed E-state index contributed by atoms with van der Waals surface area (Å²) < 4.78 is 17.1. The van der Waals surface area contributed by atoms with Crippen LogP contribution in [0.2, 0.25) is 18.1 Å². The molecular weight excluding hydrogens is 362 g/mol. The number of hydrogen-bond donors (Lipinski definition) is 0. The van der Waals surface area contributed by atoms with Crippen LogP contribution in [-0.2, 0) is 18.7 Å². The van der Waals surface area contributed by atoms with E-state index in [1.54, 1.807) is 26.8 Å². The standard InChI is InChI=1S/C20H37NO5Si/c1-11-12-20(16(22)24-8)13-15(26-27(9,10)19(5,6)7)14-21(20)17(23)25-18(2,3)4/h11,15H,1,12-14H2,2-10H3. The SMILES string of the molecule is C=CCC1(C(=O)OC)CC(O[Si](C)(C)C(C)(C)C)CN1C(=O)OC(C)(C)C. The fraction of sp³-hybridized carbons (Fsp3) is 0.800. The molecule has 1 rings (SSSR count). The molecule has 1 fully saturated rings. The molecule has 1 amide bonds. The predicted molar refractivity (Wildman–Crippen MR) is 109 cm³/mol. The van der Waals surface area contributed by atoms with Gasteiger partial charge in [-0.2, -0.15) is 0 Å². The first kappa shape index (κ1) is 23.7. The minimum atomic E-state index is -2.07. The van der Waals surface area contributed by atoms with Crippen molar-refractivity contribution in [1.29, 1.82) is 0 Å². The van der Waals surface area contributed by atoms with Crippen molar-refractivity contribution in [2.75, 3.05) is 13.7 Å². The molecule has 0 aromatic heterocycles. The number of likely N-dealkylation sites (tertiary alicyclic amines) is 1. The number of rotatable bonds is 5. The van der Waals surface area contributed by atoms with Crippen molar-refractivity contribution in [2.24, 2.45) is 0 Å². The number of nitrogens with zero attached hydrogens (tertiary/aromatic N) is 1. The third-order valence-corrected chi connectivity index (χ3v) is 9.93. The Hall–Kier alpha value is -1.34. The maximum atomic E-state index is 12.9. The van der Waals surface area contributed by atoms with E-state index >= 15 is 0 Å². The molecule has 6 nitrogen and oxygen atoms in total. The number of amides is 1. The van der Waals surface area contributed by atoms with Gasteiger partial charge in [-0.3, -0.25) is 4.90 Å². The average molecular weight is 400 g/mol. The molecule has 2 atom stereocenters. The van der Waals surface area contributed by atoms with Crippen molar-refractivity contribution in [1.82, 2.24) is 4.90 Å². The minimum Gasteiger partial charge on any atom is -0.467 e. The number of hydrogen-bond acceptors (Lipinski definition) is 5. The lowest BCUT2D eigenvalue weighted by molar-refractivity contribution is -0.153. The molecule has 0 aliphatic carbocycles. The molecule has 0 spiro atoms. The van der Waals surface area contributed by atoms with Crippen LogP contribution in [0.25, 0.3) is 0 Å². The molecule has 156 valence electrons. The van der Waals surface area contributed by atoms with Crippen molar-refractivity contribution < 1.29 is 23.5 Å². The molecule has 1 aliphatic heterocycles. The van der Waals surface area contributed by atoms with Crippen molar-refractivity contribution in [3.05, 3.63) is 12.7 Å². The number of carbonyl (C=O) groups is 2. The molecule has 1 heterocycles. The number of esters is 1. The fourth-order valence-electron chi connectivity index (χ4n) is 3.07. The van der Waals surface area contributed by atoms with Gasteiger partial charge in [0, 0.05) is 6.42 Å². The number of methoxy groups -OCH3 is 1. The molecule has 1 saturated heterocycles. The highest BCUT2D eigenvalue weighted by atomic mass is 28.4. The summed E-state index contributed by atoms with van der Waals surface area (Å²) in [7, 11) is -0.733. The largest absolute Gasteiger partial charge is 0.467 e. The van der Waals surface area contributed by atoms with Gasteiger partial charge in [0.2, 0.25) is 0 Å². The molecule has 0 aromatic carbocycles. The Bertz CT molecular complexity index is 576. The topological polar surface area (TPSA) is 65.1 Å². The van der Waals surface area contributed by atoms with E-state index in [0.717, 1.165) is 0 Å². The van der Waals surface area contributed by atoms with Gasteiger partial charge in [0.25, 0.3) is 0 Å². The molecule has 27 heavy (non-hydrogen) atoms. The number of ether oxygens (including phenoxy) is 2. The van der Waals surface area contributed by atoms with Gasteiger partial charge >= 0.3 is 12.1 Å². The van der Waals surface area contributed by atoms with E-state index in [0.29, 0.717) is 13.0 Å². The molecule has 2 unspecified atom stereocenters. The lowest BCUT2D eigenvalue weighted by Gasteiger charge is -2.38.